The van der Waals surface area contributed by atoms with Gasteiger partial charge in [0.15, 0.2) is 0 Å². The topological polar surface area (TPSA) is 69.0 Å². The van der Waals surface area contributed by atoms with Gasteiger partial charge in [-0.05, 0) is 48.5 Å². The molecule has 1 amide bonds. The summed E-state index contributed by atoms with van der Waals surface area (Å²) in [7, 11) is 0. The lowest BCUT2D eigenvalue weighted by atomic mass is 10.2. The van der Waals surface area contributed by atoms with Crippen LogP contribution in [0.15, 0.2) is 112 Å². The standard InChI is InChI=1S/C30H19FN4OS3/c31-20-9-1-2-10-21(20)33-29(19(17-32)30-34-22-11-3-6-14-25(22)39-30)37-18-28(36)35-23-12-4-7-15-26(23)38-27-16-8-5-13-24(27)35/h1-16,33H,18H2/b29-19+. The molecule has 39 heavy (non-hydrogen) atoms. The summed E-state index contributed by atoms with van der Waals surface area (Å²) in [5, 5.41) is 14.2. The van der Waals surface area contributed by atoms with E-state index in [4.69, 9.17) is 0 Å². The van der Waals surface area contributed by atoms with Crippen molar-refractivity contribution in [1.29, 1.82) is 5.26 Å². The second kappa shape index (κ2) is 10.9. The average Bonchev–Trinajstić information content (AvgIpc) is 3.39. The van der Waals surface area contributed by atoms with Gasteiger partial charge in [-0.1, -0.05) is 72.1 Å². The Labute approximate surface area is 237 Å². The molecule has 0 saturated carbocycles. The molecule has 1 aromatic heterocycles. The van der Waals surface area contributed by atoms with Gasteiger partial charge in [-0.2, -0.15) is 5.26 Å². The Morgan fingerprint density at radius 3 is 2.26 bits per heavy atom. The lowest BCUT2D eigenvalue weighted by Crippen LogP contribution is -2.30. The third-order valence-corrected chi connectivity index (χ3v) is 9.16. The zero-order chi connectivity index (χ0) is 26.8. The SMILES string of the molecule is N#C/C(=C(/Nc1ccccc1F)SCC(=O)N1c2ccccc2Sc2ccccc21)c1nc2ccccc2s1. The van der Waals surface area contributed by atoms with Gasteiger partial charge < -0.3 is 5.32 Å². The summed E-state index contributed by atoms with van der Waals surface area (Å²) >= 11 is 4.17. The van der Waals surface area contributed by atoms with Crippen LogP contribution in [0, 0.1) is 17.1 Å². The summed E-state index contributed by atoms with van der Waals surface area (Å²) in [6.45, 7) is 0. The maximum Gasteiger partial charge on any atom is 0.242 e. The minimum atomic E-state index is -0.459. The van der Waals surface area contributed by atoms with Crippen LogP contribution in [0.2, 0.25) is 0 Å². The molecular weight excluding hydrogens is 548 g/mol. The number of halogens is 1. The molecule has 0 unspecified atom stereocenters. The summed E-state index contributed by atoms with van der Waals surface area (Å²) in [5.74, 6) is -0.603. The number of fused-ring (bicyclic) bond motifs is 3. The Morgan fingerprint density at radius 1 is 0.923 bits per heavy atom. The van der Waals surface area contributed by atoms with Crippen LogP contribution in [0.25, 0.3) is 15.8 Å². The number of hydrogen-bond acceptors (Lipinski definition) is 7. The number of carbonyl (C=O) groups is 1. The van der Waals surface area contributed by atoms with Crippen LogP contribution in [0.5, 0.6) is 0 Å². The number of nitrogens with one attached hydrogen (secondary N) is 1. The lowest BCUT2D eigenvalue weighted by Gasteiger charge is -2.31. The first-order valence-corrected chi connectivity index (χ1v) is 14.6. The smallest absolute Gasteiger partial charge is 0.242 e. The maximum absolute atomic E-state index is 14.6. The van der Waals surface area contributed by atoms with Crippen LogP contribution in [0.4, 0.5) is 21.5 Å². The number of amides is 1. The van der Waals surface area contributed by atoms with Gasteiger partial charge in [0.05, 0.1) is 38.1 Å². The first-order chi connectivity index (χ1) is 19.1. The largest absolute Gasteiger partial charge is 0.347 e. The number of benzene rings is 4. The van der Waals surface area contributed by atoms with Crippen molar-refractivity contribution in [1.82, 2.24) is 4.98 Å². The molecule has 0 radical (unpaired) electrons. The van der Waals surface area contributed by atoms with Crippen LogP contribution in [0.3, 0.4) is 0 Å². The highest BCUT2D eigenvalue weighted by Crippen LogP contribution is 2.48. The molecule has 190 valence electrons. The molecule has 0 aliphatic carbocycles. The molecule has 0 spiro atoms. The number of para-hydroxylation sites is 4. The highest BCUT2D eigenvalue weighted by molar-refractivity contribution is 8.04. The predicted octanol–water partition coefficient (Wildman–Crippen LogP) is 8.30. The number of rotatable bonds is 6. The zero-order valence-electron chi connectivity index (χ0n) is 20.3. The van der Waals surface area contributed by atoms with E-state index in [-0.39, 0.29) is 22.9 Å². The Morgan fingerprint density at radius 2 is 1.56 bits per heavy atom. The first kappa shape index (κ1) is 25.2. The highest BCUT2D eigenvalue weighted by Gasteiger charge is 2.28. The first-order valence-electron chi connectivity index (χ1n) is 12.0. The van der Waals surface area contributed by atoms with Gasteiger partial charge >= 0.3 is 0 Å². The van der Waals surface area contributed by atoms with Gasteiger partial charge in [0, 0.05) is 9.79 Å². The number of aromatic nitrogens is 1. The number of anilines is 3. The predicted molar refractivity (Wildman–Crippen MR) is 159 cm³/mol. The highest BCUT2D eigenvalue weighted by atomic mass is 32.2. The molecule has 5 aromatic rings. The lowest BCUT2D eigenvalue weighted by molar-refractivity contribution is -0.115. The summed E-state index contributed by atoms with van der Waals surface area (Å²) in [5.41, 5.74) is 2.87. The molecule has 6 rings (SSSR count). The molecule has 4 aromatic carbocycles. The fourth-order valence-corrected chi connectivity index (χ4v) is 7.16. The van der Waals surface area contributed by atoms with Crippen molar-refractivity contribution < 1.29 is 9.18 Å². The third-order valence-electron chi connectivity index (χ3n) is 5.99. The van der Waals surface area contributed by atoms with Gasteiger partial charge in [-0.15, -0.1) is 11.3 Å². The summed E-state index contributed by atoms with van der Waals surface area (Å²) < 4.78 is 15.6. The van der Waals surface area contributed by atoms with Crippen molar-refractivity contribution in [3.05, 3.63) is 113 Å². The van der Waals surface area contributed by atoms with Gasteiger partial charge in [0.1, 0.15) is 22.5 Å². The number of carbonyl (C=O) groups excluding carboxylic acids is 1. The molecule has 0 fully saturated rings. The normalized spacial score (nSPS) is 12.8. The number of allylic oxidation sites excluding steroid dienone is 1. The van der Waals surface area contributed by atoms with Crippen molar-refractivity contribution in [2.45, 2.75) is 9.79 Å². The minimum Gasteiger partial charge on any atom is -0.347 e. The molecule has 1 aliphatic heterocycles. The Balaban J connectivity index is 1.37. The van der Waals surface area contributed by atoms with E-state index in [1.807, 2.05) is 72.8 Å². The van der Waals surface area contributed by atoms with Crippen LogP contribution >= 0.6 is 34.9 Å². The van der Waals surface area contributed by atoms with E-state index in [2.05, 4.69) is 16.4 Å². The Bertz CT molecular complexity index is 1710. The summed E-state index contributed by atoms with van der Waals surface area (Å²) in [6, 6.07) is 31.7. The molecule has 5 nitrogen and oxygen atoms in total. The fraction of sp³-hybridized carbons (Fsp3) is 0.0333. The van der Waals surface area contributed by atoms with Gasteiger partial charge in [-0.25, -0.2) is 9.37 Å². The maximum atomic E-state index is 14.6. The van der Waals surface area contributed by atoms with E-state index in [1.165, 1.54) is 17.4 Å². The number of hydrogen-bond donors (Lipinski definition) is 1. The average molecular weight is 567 g/mol. The molecule has 0 bridgehead atoms. The van der Waals surface area contributed by atoms with Gasteiger partial charge in [0.2, 0.25) is 5.91 Å². The number of thiazole rings is 1. The van der Waals surface area contributed by atoms with Crippen LogP contribution in [-0.2, 0) is 4.79 Å². The van der Waals surface area contributed by atoms with E-state index in [0.29, 0.717) is 10.0 Å². The molecular formula is C30H19FN4OS3. The Kier molecular flexibility index (Phi) is 7.07. The molecule has 1 aliphatic rings. The van der Waals surface area contributed by atoms with Crippen molar-refractivity contribution >= 4 is 73.6 Å². The van der Waals surface area contributed by atoms with Crippen molar-refractivity contribution in [3.63, 3.8) is 0 Å². The molecule has 9 heteroatoms. The third kappa shape index (κ3) is 5.02. The van der Waals surface area contributed by atoms with Crippen molar-refractivity contribution in [3.8, 4) is 6.07 Å². The number of nitrogens with zero attached hydrogens (tertiary/aromatic N) is 3. The fourth-order valence-electron chi connectivity index (χ4n) is 4.20. The molecule has 1 N–H and O–H groups in total. The summed E-state index contributed by atoms with van der Waals surface area (Å²) in [4.78, 5) is 22.1. The minimum absolute atomic E-state index is 0.0141. The van der Waals surface area contributed by atoms with E-state index in [0.717, 1.165) is 43.1 Å². The molecule has 2 heterocycles. The van der Waals surface area contributed by atoms with E-state index in [1.54, 1.807) is 34.9 Å². The second-order valence-corrected chi connectivity index (χ2v) is 11.6. The zero-order valence-corrected chi connectivity index (χ0v) is 22.7. The van der Waals surface area contributed by atoms with Gasteiger partial charge in [0.25, 0.3) is 0 Å². The van der Waals surface area contributed by atoms with Crippen LogP contribution in [0.1, 0.15) is 5.01 Å². The molecule has 0 atom stereocenters. The van der Waals surface area contributed by atoms with E-state index in [9.17, 15) is 14.4 Å². The second-order valence-electron chi connectivity index (χ2n) is 8.46. The number of thioether (sulfide) groups is 1. The van der Waals surface area contributed by atoms with Crippen LogP contribution < -0.4 is 10.2 Å². The van der Waals surface area contributed by atoms with Crippen molar-refractivity contribution in [2.24, 2.45) is 0 Å². The van der Waals surface area contributed by atoms with Crippen molar-refractivity contribution in [2.75, 3.05) is 16.0 Å². The number of nitriles is 1. The Hall–Kier alpha value is -4.10. The quantitative estimate of drug-likeness (QED) is 0.209. The van der Waals surface area contributed by atoms with E-state index >= 15 is 0 Å². The van der Waals surface area contributed by atoms with Crippen LogP contribution in [-0.4, -0.2) is 16.6 Å². The monoisotopic (exact) mass is 566 g/mol. The van der Waals surface area contributed by atoms with E-state index < -0.39 is 5.82 Å². The van der Waals surface area contributed by atoms with Gasteiger partial charge in [-0.3, -0.25) is 9.69 Å². The summed E-state index contributed by atoms with van der Waals surface area (Å²) in [6.07, 6.45) is 0. The molecule has 0 saturated heterocycles.